The van der Waals surface area contributed by atoms with Gasteiger partial charge in [-0.3, -0.25) is 43.3 Å². The van der Waals surface area contributed by atoms with Crippen molar-refractivity contribution in [1.29, 1.82) is 0 Å². The monoisotopic (exact) mass is 1030 g/mol. The first-order valence-electron chi connectivity index (χ1n) is 24.7. The Kier molecular flexibility index (Phi) is 16.1. The fourth-order valence-electron chi connectivity index (χ4n) is 9.77. The number of hydrogen-bond acceptors (Lipinski definition) is 14. The molecule has 8 rings (SSSR count). The molecule has 394 valence electrons. The molecule has 3 aliphatic heterocycles. The number of aromatic nitrogens is 2. The number of halogens is 1. The SMILES string of the molecule is CC[C@@]1(O)C(=O)OCc2c1cc1n(c2=O)Cc2c-1nc1cc(F)c(C)c3c1c2[C@@H](NC(=O)OCCNC(=O)CNC(=O)C(Cc1ccccc1)NC(=O)CNC(=O)CNC(=O)CCCCCN1C(=O)C=CC1=O)CC3. The second-order valence-electron chi connectivity index (χ2n) is 18.6. The van der Waals surface area contributed by atoms with Crippen LogP contribution in [0.2, 0.25) is 0 Å². The number of rotatable bonds is 21. The van der Waals surface area contributed by atoms with Gasteiger partial charge in [-0.05, 0) is 67.3 Å². The highest BCUT2D eigenvalue weighted by Crippen LogP contribution is 2.46. The Balaban J connectivity index is 0.805. The predicted octanol–water partition coefficient (Wildman–Crippen LogP) is 0.918. The Morgan fingerprint density at radius 2 is 1.59 bits per heavy atom. The van der Waals surface area contributed by atoms with Gasteiger partial charge < -0.3 is 51.0 Å². The van der Waals surface area contributed by atoms with Crippen LogP contribution < -0.4 is 37.5 Å². The molecule has 0 saturated heterocycles. The van der Waals surface area contributed by atoms with Gasteiger partial charge in [-0.1, -0.05) is 43.7 Å². The standard InChI is InChI=1S/C52H56FN9O13/c1-3-52(73)33-21-38-47-31(26-62(38)49(70)32(33)27-75-50(52)71)46-35(14-13-30-28(2)34(53)22-36(59-47)45(30)46)60-51(72)74-19-17-54-40(64)24-57-48(69)37(20-29-10-6-4-7-11-29)58-42(66)25-56-41(65)23-55-39(63)12-8-5-9-18-61-43(67)15-16-44(61)68/h4,6-7,10-11,15-16,21-22,35,37,73H,3,5,8-9,12-14,17-20,23-27H2,1-2H3,(H,54,64)(H,55,63)(H,56,65)(H,57,69)(H,58,66)(H,60,72)/t35-,37?,52-/m0/s1. The number of carbonyl (C=O) groups excluding carboxylic acids is 9. The molecule has 0 bridgehead atoms. The molecule has 2 aromatic carbocycles. The molecule has 3 atom stereocenters. The lowest BCUT2D eigenvalue weighted by molar-refractivity contribution is -0.172. The summed E-state index contributed by atoms with van der Waals surface area (Å²) in [5, 5.41) is 27.4. The number of pyridine rings is 2. The average Bonchev–Trinajstić information content (AvgIpc) is 3.98. The van der Waals surface area contributed by atoms with E-state index in [2.05, 4.69) is 31.9 Å². The predicted molar refractivity (Wildman–Crippen MR) is 263 cm³/mol. The lowest BCUT2D eigenvalue weighted by Gasteiger charge is -2.31. The fraction of sp³-hybridized carbons (Fsp3) is 0.404. The summed E-state index contributed by atoms with van der Waals surface area (Å²) in [5.74, 6) is -5.19. The molecule has 5 heterocycles. The van der Waals surface area contributed by atoms with E-state index in [4.69, 9.17) is 14.5 Å². The first-order chi connectivity index (χ1) is 36.0. The van der Waals surface area contributed by atoms with Crippen LogP contribution in [-0.2, 0) is 79.4 Å². The molecule has 0 spiro atoms. The smallest absolute Gasteiger partial charge is 0.407 e. The molecule has 2 aromatic heterocycles. The van der Waals surface area contributed by atoms with Gasteiger partial charge in [-0.2, -0.15) is 0 Å². The zero-order chi connectivity index (χ0) is 53.6. The van der Waals surface area contributed by atoms with Crippen LogP contribution in [0.15, 0.2) is 59.4 Å². The summed E-state index contributed by atoms with van der Waals surface area (Å²) in [6.07, 6.45) is 3.96. The van der Waals surface area contributed by atoms with Gasteiger partial charge in [0.15, 0.2) is 5.60 Å². The lowest BCUT2D eigenvalue weighted by Crippen LogP contribution is -2.52. The molecular formula is C52H56FN9O13. The van der Waals surface area contributed by atoms with Crippen molar-refractivity contribution in [2.45, 2.75) is 96.1 Å². The number of carbonyl (C=O) groups is 9. The van der Waals surface area contributed by atoms with Gasteiger partial charge in [0, 0.05) is 54.1 Å². The molecule has 8 amide bonds. The summed E-state index contributed by atoms with van der Waals surface area (Å²) in [5.41, 5.74) is 1.74. The van der Waals surface area contributed by atoms with E-state index >= 15 is 4.39 Å². The number of esters is 1. The van der Waals surface area contributed by atoms with E-state index in [1.54, 1.807) is 50.2 Å². The fourth-order valence-corrected chi connectivity index (χ4v) is 9.77. The number of aryl methyl sites for hydroxylation is 1. The van der Waals surface area contributed by atoms with E-state index in [1.807, 2.05) is 0 Å². The van der Waals surface area contributed by atoms with E-state index in [1.165, 1.54) is 22.8 Å². The topological polar surface area (TPSA) is 303 Å². The van der Waals surface area contributed by atoms with Crippen LogP contribution in [-0.4, -0.2) is 118 Å². The highest BCUT2D eigenvalue weighted by atomic mass is 19.1. The van der Waals surface area contributed by atoms with Crippen molar-refractivity contribution < 1.29 is 62.1 Å². The van der Waals surface area contributed by atoms with Crippen molar-refractivity contribution in [2.24, 2.45) is 0 Å². The van der Waals surface area contributed by atoms with Crippen LogP contribution in [0.1, 0.15) is 90.4 Å². The Labute approximate surface area is 428 Å². The third-order valence-corrected chi connectivity index (χ3v) is 13.8. The number of amides is 8. The first kappa shape index (κ1) is 53.0. The zero-order valence-corrected chi connectivity index (χ0v) is 41.2. The second-order valence-corrected chi connectivity index (χ2v) is 18.6. The van der Waals surface area contributed by atoms with Crippen molar-refractivity contribution in [1.82, 2.24) is 46.4 Å². The first-order valence-corrected chi connectivity index (χ1v) is 24.7. The largest absolute Gasteiger partial charge is 0.458 e. The van der Waals surface area contributed by atoms with Gasteiger partial charge >= 0.3 is 12.1 Å². The number of alkyl carbamates (subject to hydrolysis) is 1. The Morgan fingerprint density at radius 3 is 2.33 bits per heavy atom. The number of aliphatic hydroxyl groups is 1. The minimum Gasteiger partial charge on any atom is -0.458 e. The van der Waals surface area contributed by atoms with Gasteiger partial charge in [0.05, 0.1) is 61.2 Å². The third kappa shape index (κ3) is 11.6. The Morgan fingerprint density at radius 1 is 0.880 bits per heavy atom. The molecule has 22 nitrogen and oxygen atoms in total. The van der Waals surface area contributed by atoms with E-state index in [-0.39, 0.29) is 75.1 Å². The molecule has 4 aromatic rings. The summed E-state index contributed by atoms with van der Waals surface area (Å²) < 4.78 is 27.5. The van der Waals surface area contributed by atoms with Gasteiger partial charge in [-0.15, -0.1) is 0 Å². The zero-order valence-electron chi connectivity index (χ0n) is 41.2. The van der Waals surface area contributed by atoms with Crippen molar-refractivity contribution in [3.63, 3.8) is 0 Å². The number of cyclic esters (lactones) is 1. The molecule has 0 radical (unpaired) electrons. The van der Waals surface area contributed by atoms with Crippen molar-refractivity contribution in [2.75, 3.05) is 39.3 Å². The molecule has 0 fully saturated rings. The Hall–Kier alpha value is -8.34. The molecule has 7 N–H and O–H groups in total. The van der Waals surface area contributed by atoms with Crippen LogP contribution in [0.25, 0.3) is 22.3 Å². The third-order valence-electron chi connectivity index (χ3n) is 13.8. The normalized spacial score (nSPS) is 17.3. The number of nitrogens with one attached hydrogen (secondary N) is 6. The van der Waals surface area contributed by atoms with Gasteiger partial charge in [-0.25, -0.2) is 19.0 Å². The van der Waals surface area contributed by atoms with E-state index in [0.29, 0.717) is 82.2 Å². The van der Waals surface area contributed by atoms with Crippen molar-refractivity contribution in [3.05, 3.63) is 110 Å². The molecule has 1 unspecified atom stereocenters. The van der Waals surface area contributed by atoms with E-state index < -0.39 is 90.3 Å². The van der Waals surface area contributed by atoms with Gasteiger partial charge in [0.1, 0.15) is 25.1 Å². The molecule has 4 aliphatic rings. The van der Waals surface area contributed by atoms with Crippen molar-refractivity contribution in [3.8, 4) is 11.4 Å². The summed E-state index contributed by atoms with van der Waals surface area (Å²) in [7, 11) is 0. The van der Waals surface area contributed by atoms with Gasteiger partial charge in [0.25, 0.3) is 17.4 Å². The number of imide groups is 1. The van der Waals surface area contributed by atoms with Crippen LogP contribution in [0.5, 0.6) is 0 Å². The number of hydrogen-bond donors (Lipinski definition) is 7. The van der Waals surface area contributed by atoms with E-state index in [9.17, 15) is 53.1 Å². The highest BCUT2D eigenvalue weighted by Gasteiger charge is 2.46. The maximum atomic E-state index is 15.4. The molecule has 75 heavy (non-hydrogen) atoms. The minimum absolute atomic E-state index is 0.0409. The lowest BCUT2D eigenvalue weighted by atomic mass is 9.81. The van der Waals surface area contributed by atoms with Gasteiger partial charge in [0.2, 0.25) is 29.5 Å². The maximum Gasteiger partial charge on any atom is 0.407 e. The molecule has 0 saturated carbocycles. The van der Waals surface area contributed by atoms with E-state index in [0.717, 1.165) is 4.90 Å². The number of fused-ring (bicyclic) bond motifs is 5. The summed E-state index contributed by atoms with van der Waals surface area (Å²) in [6.45, 7) is 1.39. The summed E-state index contributed by atoms with van der Waals surface area (Å²) >= 11 is 0. The second kappa shape index (κ2) is 22.8. The molecule has 23 heteroatoms. The number of ether oxygens (including phenoxy) is 2. The minimum atomic E-state index is -2.06. The van der Waals surface area contributed by atoms with Crippen LogP contribution in [0, 0.1) is 12.7 Å². The average molecular weight is 1030 g/mol. The van der Waals surface area contributed by atoms with Crippen LogP contribution >= 0.6 is 0 Å². The van der Waals surface area contributed by atoms with Crippen LogP contribution in [0.3, 0.4) is 0 Å². The molecular weight excluding hydrogens is 978 g/mol. The van der Waals surface area contributed by atoms with Crippen LogP contribution in [0.4, 0.5) is 9.18 Å². The Bertz CT molecular complexity index is 3090. The quantitative estimate of drug-likeness (QED) is 0.0306. The number of unbranched alkanes of at least 4 members (excludes halogenated alkanes) is 2. The summed E-state index contributed by atoms with van der Waals surface area (Å²) in [4.78, 5) is 133. The number of nitrogens with zero attached hydrogens (tertiary/aromatic N) is 3. The number of benzene rings is 2. The van der Waals surface area contributed by atoms with Crippen molar-refractivity contribution >= 4 is 64.3 Å². The molecule has 1 aliphatic carbocycles. The highest BCUT2D eigenvalue weighted by molar-refractivity contribution is 6.12. The maximum absolute atomic E-state index is 15.4. The summed E-state index contributed by atoms with van der Waals surface area (Å²) in [6, 6.07) is 9.79.